The van der Waals surface area contributed by atoms with E-state index in [2.05, 4.69) is 65.8 Å². The van der Waals surface area contributed by atoms with Gasteiger partial charge in [-0.1, -0.05) is 62.0 Å². The van der Waals surface area contributed by atoms with E-state index in [1.54, 1.807) is 24.3 Å². The quantitative estimate of drug-likeness (QED) is 0.0240. The van der Waals surface area contributed by atoms with Crippen molar-refractivity contribution in [1.82, 2.24) is 35.1 Å². The normalized spacial score (nSPS) is 20.1. The predicted octanol–water partition coefficient (Wildman–Crippen LogP) is 9.92. The molecule has 5 fully saturated rings. The highest BCUT2D eigenvalue weighted by atomic mass is 19.4. The van der Waals surface area contributed by atoms with Gasteiger partial charge in [0.25, 0.3) is 5.91 Å². The number of nitrogens with one attached hydrogen (secondary N) is 5. The lowest BCUT2D eigenvalue weighted by Crippen LogP contribution is -2.62. The number of hydrogen-bond acceptors (Lipinski definition) is 19. The van der Waals surface area contributed by atoms with E-state index in [1.807, 2.05) is 18.2 Å². The zero-order chi connectivity index (χ0) is 58.9. The van der Waals surface area contributed by atoms with Crippen molar-refractivity contribution in [3.05, 3.63) is 128 Å². The average Bonchev–Trinajstić information content (AvgIpc) is 4.13. The molecule has 1 amide bonds. The third kappa shape index (κ3) is 19.4. The van der Waals surface area contributed by atoms with E-state index >= 15 is 0 Å². The summed E-state index contributed by atoms with van der Waals surface area (Å²) in [5.41, 5.74) is 6.44. The zero-order valence-corrected chi connectivity index (χ0v) is 45.5. The predicted molar refractivity (Wildman–Crippen MR) is 302 cm³/mol. The highest BCUT2D eigenvalue weighted by Crippen LogP contribution is 2.34. The lowest BCUT2D eigenvalue weighted by Gasteiger charge is -2.46. The molecule has 2 aliphatic carbocycles. The first-order valence-corrected chi connectivity index (χ1v) is 27.7. The second-order valence-electron chi connectivity index (χ2n) is 21.0. The van der Waals surface area contributed by atoms with E-state index < -0.39 is 22.6 Å². The smallest absolute Gasteiger partial charge is 0.405 e. The van der Waals surface area contributed by atoms with Crippen LogP contribution in [0.1, 0.15) is 93.1 Å². The maximum atomic E-state index is 12.7. The van der Waals surface area contributed by atoms with Crippen LogP contribution in [-0.4, -0.2) is 135 Å². The molecular weight excluding hydrogens is 1110 g/mol. The van der Waals surface area contributed by atoms with Gasteiger partial charge < -0.3 is 46.5 Å². The van der Waals surface area contributed by atoms with Gasteiger partial charge in [0.1, 0.15) is 23.9 Å². The molecule has 5 aromatic rings. The lowest BCUT2D eigenvalue weighted by atomic mass is 9.84. The molecule has 0 unspecified atom stereocenters. The van der Waals surface area contributed by atoms with Gasteiger partial charge in [-0.05, 0) is 100 Å². The van der Waals surface area contributed by atoms with Crippen LogP contribution in [0.3, 0.4) is 0 Å². The first kappa shape index (κ1) is 63.9. The number of carbonyl (C=O) groups is 1. The zero-order valence-electron chi connectivity index (χ0n) is 45.5. The number of likely N-dealkylation sites (tertiary alicyclic amines) is 2. The molecule has 456 valence electrons. The second kappa shape index (κ2) is 30.2. The molecule has 84 heavy (non-hydrogen) atoms. The fraction of sp³-hybridized carbons (Fsp3) is 0.518. The number of para-hydroxylation sites is 2. The number of amides is 1. The van der Waals surface area contributed by atoms with Crippen molar-refractivity contribution >= 4 is 40.8 Å². The van der Waals surface area contributed by atoms with Crippen LogP contribution in [0.15, 0.2) is 91.3 Å². The number of rotatable bonds is 20. The molecule has 28 heteroatoms. The second-order valence-corrected chi connectivity index (χ2v) is 21.0. The maximum Gasteiger partial charge on any atom is 0.573 e. The van der Waals surface area contributed by atoms with Gasteiger partial charge in [-0.2, -0.15) is 9.97 Å². The Hall–Kier alpha value is -7.69. The Morgan fingerprint density at radius 2 is 1.04 bits per heavy atom. The Balaban J connectivity index is 0.000000223. The Labute approximate surface area is 482 Å². The van der Waals surface area contributed by atoms with E-state index in [1.165, 1.54) is 49.2 Å². The number of benzene rings is 3. The minimum atomic E-state index is -4.84. The minimum absolute atomic E-state index is 0. The summed E-state index contributed by atoms with van der Waals surface area (Å²) in [6, 6.07) is 21.9. The van der Waals surface area contributed by atoms with Crippen molar-refractivity contribution in [2.45, 2.75) is 122 Å². The molecule has 0 spiro atoms. The van der Waals surface area contributed by atoms with Crippen molar-refractivity contribution < 1.29 is 55.2 Å². The molecular formula is C56H72F6N14O8. The van der Waals surface area contributed by atoms with Gasteiger partial charge in [-0.15, -0.1) is 26.3 Å². The Bertz CT molecular complexity index is 2900. The van der Waals surface area contributed by atoms with Crippen LogP contribution in [0.25, 0.3) is 0 Å². The monoisotopic (exact) mass is 1180 g/mol. The topological polar surface area (TPSA) is 275 Å². The van der Waals surface area contributed by atoms with Crippen LogP contribution in [0.5, 0.6) is 11.5 Å². The van der Waals surface area contributed by atoms with Crippen LogP contribution >= 0.6 is 0 Å². The molecule has 10 rings (SSSR count). The highest BCUT2D eigenvalue weighted by Gasteiger charge is 2.37. The van der Waals surface area contributed by atoms with Gasteiger partial charge in [0.05, 0.1) is 15.9 Å². The molecule has 0 atom stereocenters. The fourth-order valence-electron chi connectivity index (χ4n) is 10.6. The summed E-state index contributed by atoms with van der Waals surface area (Å²) in [4.78, 5) is 55.4. The summed E-state index contributed by atoms with van der Waals surface area (Å²) < 4.78 is 89.2. The number of nitrogens with zero attached hydrogens (tertiary/aromatic N) is 8. The molecule has 2 saturated carbocycles. The van der Waals surface area contributed by atoms with Crippen molar-refractivity contribution in [2.24, 2.45) is 17.6 Å². The van der Waals surface area contributed by atoms with Gasteiger partial charge in [0, 0.05) is 100 Å². The van der Waals surface area contributed by atoms with Gasteiger partial charge in [-0.25, -0.2) is 9.97 Å². The van der Waals surface area contributed by atoms with Gasteiger partial charge in [0.15, 0.2) is 0 Å². The van der Waals surface area contributed by atoms with Gasteiger partial charge in [0.2, 0.25) is 23.5 Å². The summed E-state index contributed by atoms with van der Waals surface area (Å²) in [5.74, 6) is 0.0996. The van der Waals surface area contributed by atoms with Crippen LogP contribution in [0.2, 0.25) is 0 Å². The molecule has 5 heterocycles. The summed E-state index contributed by atoms with van der Waals surface area (Å²) >= 11 is 0. The largest absolute Gasteiger partial charge is 0.573 e. The van der Waals surface area contributed by atoms with Gasteiger partial charge >= 0.3 is 24.1 Å². The summed E-state index contributed by atoms with van der Waals surface area (Å²) in [7, 11) is 0. The molecule has 0 radical (unpaired) electrons. The molecule has 3 aromatic carbocycles. The fourth-order valence-corrected chi connectivity index (χ4v) is 10.6. The number of carbonyl (C=O) groups excluding carboxylic acids is 1. The Morgan fingerprint density at radius 3 is 1.43 bits per heavy atom. The molecule has 5 aliphatic rings. The number of nitro groups is 2. The van der Waals surface area contributed by atoms with Gasteiger partial charge in [-0.3, -0.25) is 34.8 Å². The molecule has 22 nitrogen and oxygen atoms in total. The number of hydrogen-bond donors (Lipinski definition) is 6. The molecule has 2 aromatic heterocycles. The molecule has 0 bridgehead atoms. The molecule has 3 aliphatic heterocycles. The first-order chi connectivity index (χ1) is 39.8. The van der Waals surface area contributed by atoms with Crippen molar-refractivity contribution in [3.63, 3.8) is 0 Å². The average molecular weight is 1180 g/mol. The van der Waals surface area contributed by atoms with Crippen LogP contribution < -0.4 is 41.8 Å². The number of aromatic nitrogens is 4. The van der Waals surface area contributed by atoms with E-state index in [0.29, 0.717) is 42.6 Å². The summed E-state index contributed by atoms with van der Waals surface area (Å²) in [6.45, 7) is 6.42. The number of nitrogens with two attached hydrogens (primary N) is 1. The first-order valence-electron chi connectivity index (χ1n) is 27.7. The van der Waals surface area contributed by atoms with E-state index in [-0.39, 0.29) is 96.0 Å². The number of alkyl halides is 6. The van der Waals surface area contributed by atoms with E-state index in [9.17, 15) is 51.4 Å². The number of ether oxygens (including phenoxy) is 3. The molecule has 3 saturated heterocycles. The van der Waals surface area contributed by atoms with Crippen molar-refractivity contribution in [2.75, 3.05) is 73.7 Å². The van der Waals surface area contributed by atoms with Crippen molar-refractivity contribution in [1.29, 1.82) is 0 Å². The number of anilines is 4. The third-order valence-corrected chi connectivity index (χ3v) is 15.0. The standard InChI is InChI=1S/C29H32F3N7O4.C22H28F3N7O3.C4H8O.CH4/c30-29(31,32)43-25-9-5-4-8-21(25)15-34-28-35-16-24(39(41)42)26(37-28)33-14-19-10-12-23(13-11-19)38-17-22(18-38)36-27(40)20-6-2-1-3-7-20;23-22(24,25)35-19-4-2-1-3-15(19)10-28-21-29-11-18(32(33)34)20(30-21)27-9-14-5-7-17(8-6-14)31-12-16(26)13-31;1-2-4-5-3-1;/h1-9,16,19,22-23H,10-15,17-18H2,(H,36,40)(H2,33,34,35,37);1-4,11,14,16-17H,5-10,12-13,26H2,(H2,27,28,29,30);1-4H2;1H4. The minimum Gasteiger partial charge on any atom is -0.405 e. The van der Waals surface area contributed by atoms with Crippen LogP contribution in [0, 0.1) is 32.1 Å². The lowest BCUT2D eigenvalue weighted by molar-refractivity contribution is -0.384. The van der Waals surface area contributed by atoms with Crippen LogP contribution in [-0.2, 0) is 17.8 Å². The molecule has 7 N–H and O–H groups in total. The van der Waals surface area contributed by atoms with E-state index in [4.69, 9.17) is 10.5 Å². The van der Waals surface area contributed by atoms with E-state index in [0.717, 1.165) is 103 Å². The number of halogens is 6. The summed E-state index contributed by atoms with van der Waals surface area (Å²) in [6.07, 6.45) is 3.05. The Morgan fingerprint density at radius 1 is 0.619 bits per heavy atom. The van der Waals surface area contributed by atoms with Crippen LogP contribution in [0.4, 0.5) is 61.2 Å². The highest BCUT2D eigenvalue weighted by molar-refractivity contribution is 5.94. The van der Waals surface area contributed by atoms with Crippen molar-refractivity contribution in [3.8, 4) is 11.5 Å². The third-order valence-electron chi connectivity index (χ3n) is 15.0. The summed E-state index contributed by atoms with van der Waals surface area (Å²) in [5, 5.41) is 37.9. The Kier molecular flexibility index (Phi) is 23.0. The maximum absolute atomic E-state index is 12.7. The SMILES string of the molecule is C.C1CCOC1.NC1CN(C2CCC(CNc3nc(NCc4ccccc4OC(F)(F)F)ncc3[N+](=O)[O-])CC2)C1.O=C(NC1CN(C2CCC(CNc3nc(NCc4ccccc4OC(F)(F)F)ncc3[N+](=O)[O-])CC2)C1)c1ccccc1.